The molecule has 1 amide bonds. The Labute approximate surface area is 107 Å². The van der Waals surface area contributed by atoms with Gasteiger partial charge >= 0.3 is 0 Å². The molecule has 0 spiro atoms. The first kappa shape index (κ1) is 14.4. The standard InChI is InChI=1S/C13H20N2O3/c1-5-15(10(3)8-18-4)13(17)11-7-6-9(2)14-12(11)16/h6-7,10H,5,8H2,1-4H3,(H,14,16)/t10-/m1/s1. The number of ether oxygens (including phenoxy) is 1. The number of hydrogen-bond acceptors (Lipinski definition) is 3. The summed E-state index contributed by atoms with van der Waals surface area (Å²) in [7, 11) is 1.59. The molecule has 0 bridgehead atoms. The summed E-state index contributed by atoms with van der Waals surface area (Å²) in [6.45, 7) is 6.54. The summed E-state index contributed by atoms with van der Waals surface area (Å²) in [6.07, 6.45) is 0. The average Bonchev–Trinajstić information content (AvgIpc) is 2.29. The number of hydrogen-bond donors (Lipinski definition) is 1. The van der Waals surface area contributed by atoms with Gasteiger partial charge in [0.2, 0.25) is 0 Å². The third kappa shape index (κ3) is 3.20. The molecule has 1 aromatic rings. The Balaban J connectivity index is 3.00. The monoisotopic (exact) mass is 252 g/mol. The van der Waals surface area contributed by atoms with Crippen molar-refractivity contribution in [3.63, 3.8) is 0 Å². The van der Waals surface area contributed by atoms with E-state index in [9.17, 15) is 9.59 Å². The maximum atomic E-state index is 12.3. The smallest absolute Gasteiger partial charge is 0.260 e. The van der Waals surface area contributed by atoms with Crippen LogP contribution in [0, 0.1) is 6.92 Å². The van der Waals surface area contributed by atoms with Gasteiger partial charge in [0.25, 0.3) is 11.5 Å². The number of aromatic nitrogens is 1. The molecule has 0 fully saturated rings. The number of carbonyl (C=O) groups is 1. The number of H-pyrrole nitrogens is 1. The molecule has 0 radical (unpaired) electrons. The van der Waals surface area contributed by atoms with Crippen LogP contribution in [0.15, 0.2) is 16.9 Å². The highest BCUT2D eigenvalue weighted by atomic mass is 16.5. The van der Waals surface area contributed by atoms with Crippen molar-refractivity contribution in [3.8, 4) is 0 Å². The number of nitrogens with one attached hydrogen (secondary N) is 1. The van der Waals surface area contributed by atoms with Crippen LogP contribution in [-0.2, 0) is 4.74 Å². The van der Waals surface area contributed by atoms with Gasteiger partial charge in [-0.2, -0.15) is 0 Å². The number of amides is 1. The van der Waals surface area contributed by atoms with E-state index >= 15 is 0 Å². The van der Waals surface area contributed by atoms with E-state index < -0.39 is 0 Å². The Morgan fingerprint density at radius 1 is 1.50 bits per heavy atom. The second-order valence-electron chi connectivity index (χ2n) is 4.28. The third-order valence-corrected chi connectivity index (χ3v) is 2.83. The molecule has 0 aliphatic heterocycles. The molecule has 1 N–H and O–H groups in total. The molecule has 1 rings (SSSR count). The molecular weight excluding hydrogens is 232 g/mol. The van der Waals surface area contributed by atoms with Gasteiger partial charge < -0.3 is 14.6 Å². The zero-order valence-electron chi connectivity index (χ0n) is 11.3. The van der Waals surface area contributed by atoms with Gasteiger partial charge in [-0.3, -0.25) is 9.59 Å². The maximum Gasteiger partial charge on any atom is 0.260 e. The van der Waals surface area contributed by atoms with Crippen molar-refractivity contribution in [1.82, 2.24) is 9.88 Å². The summed E-state index contributed by atoms with van der Waals surface area (Å²) >= 11 is 0. The molecule has 1 aromatic heterocycles. The van der Waals surface area contributed by atoms with Crippen molar-refractivity contribution in [2.45, 2.75) is 26.8 Å². The summed E-state index contributed by atoms with van der Waals surface area (Å²) in [5, 5.41) is 0. The first-order valence-corrected chi connectivity index (χ1v) is 6.01. The van der Waals surface area contributed by atoms with Gasteiger partial charge in [-0.1, -0.05) is 0 Å². The van der Waals surface area contributed by atoms with Gasteiger partial charge in [0.05, 0.1) is 12.6 Å². The Kier molecular flexibility index (Phi) is 5.09. The highest BCUT2D eigenvalue weighted by Crippen LogP contribution is 2.06. The minimum atomic E-state index is -0.344. The summed E-state index contributed by atoms with van der Waals surface area (Å²) in [4.78, 5) is 28.3. The largest absolute Gasteiger partial charge is 0.383 e. The maximum absolute atomic E-state index is 12.3. The SMILES string of the molecule is CCN(C(=O)c1ccc(C)[nH]c1=O)[C@H](C)COC. The molecule has 5 nitrogen and oxygen atoms in total. The van der Waals surface area contributed by atoms with Crippen molar-refractivity contribution in [1.29, 1.82) is 0 Å². The molecule has 0 unspecified atom stereocenters. The van der Waals surface area contributed by atoms with E-state index in [0.717, 1.165) is 5.69 Å². The molecule has 0 aromatic carbocycles. The molecule has 1 heterocycles. The van der Waals surface area contributed by atoms with E-state index in [4.69, 9.17) is 4.74 Å². The van der Waals surface area contributed by atoms with E-state index in [-0.39, 0.29) is 23.1 Å². The normalized spacial score (nSPS) is 12.2. The number of rotatable bonds is 5. The van der Waals surface area contributed by atoms with Crippen LogP contribution in [0.1, 0.15) is 29.9 Å². The van der Waals surface area contributed by atoms with E-state index in [2.05, 4.69) is 4.98 Å². The number of aromatic amines is 1. The minimum Gasteiger partial charge on any atom is -0.383 e. The second kappa shape index (κ2) is 6.35. The van der Waals surface area contributed by atoms with Crippen LogP contribution in [0.3, 0.4) is 0 Å². The molecule has 1 atom stereocenters. The summed E-state index contributed by atoms with van der Waals surface area (Å²) in [5.74, 6) is -0.261. The molecular formula is C13H20N2O3. The molecule has 0 aliphatic carbocycles. The van der Waals surface area contributed by atoms with Crippen molar-refractivity contribution in [3.05, 3.63) is 33.7 Å². The first-order valence-electron chi connectivity index (χ1n) is 6.01. The molecule has 18 heavy (non-hydrogen) atoms. The first-order chi connectivity index (χ1) is 8.51. The van der Waals surface area contributed by atoms with Crippen LogP contribution in [0.2, 0.25) is 0 Å². The van der Waals surface area contributed by atoms with Gasteiger partial charge in [-0.25, -0.2) is 0 Å². The Bertz CT molecular complexity index is 468. The van der Waals surface area contributed by atoms with Gasteiger partial charge in [-0.15, -0.1) is 0 Å². The quantitative estimate of drug-likeness (QED) is 0.856. The molecule has 0 saturated carbocycles. The van der Waals surface area contributed by atoms with Crippen molar-refractivity contribution in [2.24, 2.45) is 0 Å². The third-order valence-electron chi connectivity index (χ3n) is 2.83. The average molecular weight is 252 g/mol. The molecule has 100 valence electrons. The summed E-state index contributed by atoms with van der Waals surface area (Å²) < 4.78 is 5.04. The van der Waals surface area contributed by atoms with Gasteiger partial charge in [0, 0.05) is 19.3 Å². The van der Waals surface area contributed by atoms with Gasteiger partial charge in [-0.05, 0) is 32.9 Å². The zero-order valence-corrected chi connectivity index (χ0v) is 11.3. The molecule has 0 saturated heterocycles. The van der Waals surface area contributed by atoms with Crippen LogP contribution >= 0.6 is 0 Å². The summed E-state index contributed by atoms with van der Waals surface area (Å²) in [6, 6.07) is 3.23. The minimum absolute atomic E-state index is 0.0618. The van der Waals surface area contributed by atoms with Crippen LogP contribution in [-0.4, -0.2) is 42.1 Å². The van der Waals surface area contributed by atoms with E-state index in [0.29, 0.717) is 13.2 Å². The lowest BCUT2D eigenvalue weighted by atomic mass is 10.2. The van der Waals surface area contributed by atoms with Crippen LogP contribution in [0.5, 0.6) is 0 Å². The predicted octanol–water partition coefficient (Wildman–Crippen LogP) is 1.18. The van der Waals surface area contributed by atoms with Gasteiger partial charge in [0.15, 0.2) is 0 Å². The number of pyridine rings is 1. The number of likely N-dealkylation sites (N-methyl/N-ethyl adjacent to an activating group) is 1. The number of methoxy groups -OCH3 is 1. The number of aryl methyl sites for hydroxylation is 1. The zero-order chi connectivity index (χ0) is 13.7. The van der Waals surface area contributed by atoms with E-state index in [1.165, 1.54) is 0 Å². The predicted molar refractivity (Wildman–Crippen MR) is 69.8 cm³/mol. The van der Waals surface area contributed by atoms with Crippen LogP contribution in [0.4, 0.5) is 0 Å². The van der Waals surface area contributed by atoms with Crippen molar-refractivity contribution in [2.75, 3.05) is 20.3 Å². The van der Waals surface area contributed by atoms with E-state index in [1.807, 2.05) is 13.8 Å². The lowest BCUT2D eigenvalue weighted by Gasteiger charge is -2.27. The highest BCUT2D eigenvalue weighted by Gasteiger charge is 2.21. The van der Waals surface area contributed by atoms with E-state index in [1.54, 1.807) is 31.1 Å². The highest BCUT2D eigenvalue weighted by molar-refractivity contribution is 5.94. The molecule has 5 heteroatoms. The number of carbonyl (C=O) groups excluding carboxylic acids is 1. The Morgan fingerprint density at radius 2 is 2.17 bits per heavy atom. The fourth-order valence-corrected chi connectivity index (χ4v) is 1.88. The van der Waals surface area contributed by atoms with Crippen LogP contribution < -0.4 is 5.56 Å². The fraction of sp³-hybridized carbons (Fsp3) is 0.538. The lowest BCUT2D eigenvalue weighted by molar-refractivity contribution is 0.0577. The second-order valence-corrected chi connectivity index (χ2v) is 4.28. The fourth-order valence-electron chi connectivity index (χ4n) is 1.88. The lowest BCUT2D eigenvalue weighted by Crippen LogP contribution is -2.42. The van der Waals surface area contributed by atoms with Crippen molar-refractivity contribution >= 4 is 5.91 Å². The Hall–Kier alpha value is -1.62. The Morgan fingerprint density at radius 3 is 2.67 bits per heavy atom. The molecule has 0 aliphatic rings. The topological polar surface area (TPSA) is 62.4 Å². The number of nitrogens with zero attached hydrogens (tertiary/aromatic N) is 1. The summed E-state index contributed by atoms with van der Waals surface area (Å²) in [5.41, 5.74) is 0.568. The van der Waals surface area contributed by atoms with Crippen molar-refractivity contribution < 1.29 is 9.53 Å². The van der Waals surface area contributed by atoms with Gasteiger partial charge in [0.1, 0.15) is 5.56 Å². The van der Waals surface area contributed by atoms with Crippen LogP contribution in [0.25, 0.3) is 0 Å².